The fraction of sp³-hybridized carbons (Fsp3) is 0.133. The highest BCUT2D eigenvalue weighted by Crippen LogP contribution is 2.29. The summed E-state index contributed by atoms with van der Waals surface area (Å²) in [5.41, 5.74) is 0.469. The first-order valence-corrected chi connectivity index (χ1v) is 7.70. The smallest absolute Gasteiger partial charge is 0.463 e. The zero-order valence-electron chi connectivity index (χ0n) is 12.6. The number of hydrogen-bond donors (Lipinski definition) is 1. The van der Waals surface area contributed by atoms with Crippen LogP contribution in [0.15, 0.2) is 35.7 Å². The average Bonchev–Trinajstić information content (AvgIpc) is 3.03. The summed E-state index contributed by atoms with van der Waals surface area (Å²) in [6, 6.07) is 6.91. The van der Waals surface area contributed by atoms with Crippen LogP contribution in [0.25, 0.3) is 10.2 Å². The number of methoxy groups -OCH3 is 1. The number of rotatable bonds is 4. The Balaban J connectivity index is 1.89. The number of alkyl halides is 3. The molecule has 0 saturated heterocycles. The molecule has 0 aliphatic heterocycles. The van der Waals surface area contributed by atoms with Crippen LogP contribution in [0.5, 0.6) is 5.75 Å². The maximum atomic E-state index is 12.2. The molecule has 2 heterocycles. The molecule has 3 rings (SSSR count). The normalized spacial score (nSPS) is 11.4. The molecule has 2 aromatic heterocycles. The van der Waals surface area contributed by atoms with Crippen LogP contribution in [0.2, 0.25) is 0 Å². The number of thiophene rings is 1. The number of nitrogens with zero attached hydrogens (tertiary/aromatic N) is 2. The van der Waals surface area contributed by atoms with Crippen LogP contribution < -0.4 is 10.1 Å². The first-order valence-electron chi connectivity index (χ1n) is 6.82. The van der Waals surface area contributed by atoms with E-state index in [9.17, 15) is 18.0 Å². The minimum absolute atomic E-state index is 0.114. The number of halogens is 3. The monoisotopic (exact) mass is 369 g/mol. The van der Waals surface area contributed by atoms with E-state index in [4.69, 9.17) is 0 Å². The van der Waals surface area contributed by atoms with E-state index < -0.39 is 12.3 Å². The number of carbonyl (C=O) groups excluding carboxylic acids is 1. The SMILES string of the molecule is COC(=O)c1nc(Nc2ccc(OC(F)(F)F)cc2)c2ccsc2n1. The molecular weight excluding hydrogens is 359 g/mol. The number of fused-ring (bicyclic) bond motifs is 1. The number of hydrogen-bond acceptors (Lipinski definition) is 7. The van der Waals surface area contributed by atoms with Gasteiger partial charge < -0.3 is 14.8 Å². The first-order chi connectivity index (χ1) is 11.9. The molecule has 0 aliphatic carbocycles. The molecule has 10 heteroatoms. The van der Waals surface area contributed by atoms with Gasteiger partial charge >= 0.3 is 12.3 Å². The molecule has 0 unspecified atom stereocenters. The molecule has 1 aromatic carbocycles. The van der Waals surface area contributed by atoms with Crippen molar-refractivity contribution in [3.05, 3.63) is 41.5 Å². The third-order valence-electron chi connectivity index (χ3n) is 3.04. The number of anilines is 2. The van der Waals surface area contributed by atoms with E-state index in [0.29, 0.717) is 21.7 Å². The Bertz CT molecular complexity index is 910. The van der Waals surface area contributed by atoms with E-state index in [1.807, 2.05) is 0 Å². The van der Waals surface area contributed by atoms with Gasteiger partial charge in [0.1, 0.15) is 16.4 Å². The Labute approximate surface area is 143 Å². The number of carbonyl (C=O) groups is 1. The molecule has 0 saturated carbocycles. The van der Waals surface area contributed by atoms with Crippen molar-refractivity contribution < 1.29 is 27.4 Å². The maximum Gasteiger partial charge on any atom is 0.573 e. The zero-order chi connectivity index (χ0) is 18.0. The second-order valence-electron chi connectivity index (χ2n) is 4.72. The molecule has 0 amide bonds. The predicted molar refractivity (Wildman–Crippen MR) is 85.2 cm³/mol. The summed E-state index contributed by atoms with van der Waals surface area (Å²) in [4.78, 5) is 20.5. The van der Waals surface area contributed by atoms with E-state index in [1.165, 1.54) is 42.7 Å². The summed E-state index contributed by atoms with van der Waals surface area (Å²) in [7, 11) is 1.22. The third-order valence-corrected chi connectivity index (χ3v) is 3.85. The lowest BCUT2D eigenvalue weighted by Gasteiger charge is -2.11. The van der Waals surface area contributed by atoms with Gasteiger partial charge in [-0.3, -0.25) is 0 Å². The average molecular weight is 369 g/mol. The lowest BCUT2D eigenvalue weighted by molar-refractivity contribution is -0.274. The Hall–Kier alpha value is -2.88. The van der Waals surface area contributed by atoms with Crippen LogP contribution in [0, 0.1) is 0 Å². The summed E-state index contributed by atoms with van der Waals surface area (Å²) < 4.78 is 45.0. The summed E-state index contributed by atoms with van der Waals surface area (Å²) in [6.45, 7) is 0. The number of benzene rings is 1. The lowest BCUT2D eigenvalue weighted by atomic mass is 10.3. The standard InChI is InChI=1S/C15H10F3N3O3S/c1-23-14(22)12-20-11(10-6-7-25-13(10)21-12)19-8-2-4-9(5-3-8)24-15(16,17)18/h2-7H,1H3,(H,19,20,21). The van der Waals surface area contributed by atoms with Crippen LogP contribution in [-0.4, -0.2) is 29.4 Å². The van der Waals surface area contributed by atoms with Crippen LogP contribution >= 0.6 is 11.3 Å². The lowest BCUT2D eigenvalue weighted by Crippen LogP contribution is -2.17. The van der Waals surface area contributed by atoms with Crippen molar-refractivity contribution >= 4 is 39.0 Å². The van der Waals surface area contributed by atoms with E-state index >= 15 is 0 Å². The van der Waals surface area contributed by atoms with Gasteiger partial charge in [0.25, 0.3) is 0 Å². The van der Waals surface area contributed by atoms with E-state index in [-0.39, 0.29) is 11.6 Å². The second kappa shape index (κ2) is 6.55. The topological polar surface area (TPSA) is 73.3 Å². The second-order valence-corrected chi connectivity index (χ2v) is 5.62. The fourth-order valence-electron chi connectivity index (χ4n) is 2.01. The minimum Gasteiger partial charge on any atom is -0.463 e. The molecule has 130 valence electrons. The summed E-state index contributed by atoms with van der Waals surface area (Å²) in [5.74, 6) is -0.794. The van der Waals surface area contributed by atoms with Gasteiger partial charge in [0.15, 0.2) is 0 Å². The van der Waals surface area contributed by atoms with Crippen molar-refractivity contribution in [2.75, 3.05) is 12.4 Å². The van der Waals surface area contributed by atoms with Crippen LogP contribution in [0.3, 0.4) is 0 Å². The molecule has 0 aliphatic rings. The highest BCUT2D eigenvalue weighted by Gasteiger charge is 2.30. The van der Waals surface area contributed by atoms with Gasteiger partial charge in [-0.2, -0.15) is 0 Å². The number of ether oxygens (including phenoxy) is 2. The summed E-state index contributed by atoms with van der Waals surface area (Å²) in [5, 5.41) is 5.41. The van der Waals surface area contributed by atoms with Crippen molar-refractivity contribution in [3.8, 4) is 5.75 Å². The predicted octanol–water partition coefficient (Wildman–Crippen LogP) is 4.12. The Morgan fingerprint density at radius 2 is 1.88 bits per heavy atom. The Morgan fingerprint density at radius 1 is 1.16 bits per heavy atom. The molecule has 0 spiro atoms. The Kier molecular flexibility index (Phi) is 4.45. The number of aromatic nitrogens is 2. The largest absolute Gasteiger partial charge is 0.573 e. The molecule has 6 nitrogen and oxygen atoms in total. The van der Waals surface area contributed by atoms with Crippen LogP contribution in [-0.2, 0) is 4.74 Å². The van der Waals surface area contributed by atoms with E-state index in [2.05, 4.69) is 24.8 Å². The van der Waals surface area contributed by atoms with Crippen molar-refractivity contribution in [2.24, 2.45) is 0 Å². The molecular formula is C15H10F3N3O3S. The Morgan fingerprint density at radius 3 is 2.52 bits per heavy atom. The van der Waals surface area contributed by atoms with Crippen LogP contribution in [0.1, 0.15) is 10.6 Å². The van der Waals surface area contributed by atoms with Crippen molar-refractivity contribution in [3.63, 3.8) is 0 Å². The first kappa shape index (κ1) is 17.0. The molecule has 1 N–H and O–H groups in total. The van der Waals surface area contributed by atoms with Crippen molar-refractivity contribution in [1.82, 2.24) is 9.97 Å². The molecule has 0 radical (unpaired) electrons. The van der Waals surface area contributed by atoms with E-state index in [1.54, 1.807) is 11.4 Å². The van der Waals surface area contributed by atoms with E-state index in [0.717, 1.165) is 0 Å². The minimum atomic E-state index is -4.75. The highest BCUT2D eigenvalue weighted by atomic mass is 32.1. The highest BCUT2D eigenvalue weighted by molar-refractivity contribution is 7.16. The number of esters is 1. The van der Waals surface area contributed by atoms with Gasteiger partial charge in [-0.15, -0.1) is 24.5 Å². The molecule has 0 fully saturated rings. The third kappa shape index (κ3) is 3.97. The van der Waals surface area contributed by atoms with Crippen molar-refractivity contribution in [1.29, 1.82) is 0 Å². The summed E-state index contributed by atoms with van der Waals surface area (Å²) >= 11 is 1.32. The van der Waals surface area contributed by atoms with Crippen LogP contribution in [0.4, 0.5) is 24.7 Å². The van der Waals surface area contributed by atoms with Gasteiger partial charge in [-0.1, -0.05) is 0 Å². The van der Waals surface area contributed by atoms with Gasteiger partial charge in [-0.05, 0) is 35.7 Å². The van der Waals surface area contributed by atoms with Gasteiger partial charge in [0, 0.05) is 5.69 Å². The van der Waals surface area contributed by atoms with Gasteiger partial charge in [0.05, 0.1) is 12.5 Å². The molecule has 3 aromatic rings. The zero-order valence-corrected chi connectivity index (χ0v) is 13.4. The maximum absolute atomic E-state index is 12.2. The van der Waals surface area contributed by atoms with Crippen molar-refractivity contribution in [2.45, 2.75) is 6.36 Å². The van der Waals surface area contributed by atoms with Gasteiger partial charge in [0.2, 0.25) is 5.82 Å². The molecule has 0 bridgehead atoms. The molecule has 0 atom stereocenters. The fourth-order valence-corrected chi connectivity index (χ4v) is 2.77. The quantitative estimate of drug-likeness (QED) is 0.698. The summed E-state index contributed by atoms with van der Waals surface area (Å²) in [6.07, 6.45) is -4.75. The molecule has 25 heavy (non-hydrogen) atoms. The van der Waals surface area contributed by atoms with Gasteiger partial charge in [-0.25, -0.2) is 14.8 Å². The number of nitrogens with one attached hydrogen (secondary N) is 1.